The number of anilines is 1. The molecule has 1 atom stereocenters. The van der Waals surface area contributed by atoms with Crippen molar-refractivity contribution in [2.45, 2.75) is 25.7 Å². The van der Waals surface area contributed by atoms with Crippen molar-refractivity contribution in [3.63, 3.8) is 0 Å². The summed E-state index contributed by atoms with van der Waals surface area (Å²) in [7, 11) is 1.54. The lowest BCUT2D eigenvalue weighted by Crippen LogP contribution is -2.54. The van der Waals surface area contributed by atoms with Gasteiger partial charge < -0.3 is 26.0 Å². The lowest BCUT2D eigenvalue weighted by molar-refractivity contribution is -0.140. The van der Waals surface area contributed by atoms with Gasteiger partial charge in [0.15, 0.2) is 6.17 Å². The number of carbonyl (C=O) groups is 3. The third-order valence-electron chi connectivity index (χ3n) is 6.25. The number of nitrogens with one attached hydrogen (secondary N) is 2. The van der Waals surface area contributed by atoms with Crippen molar-refractivity contribution in [1.82, 2.24) is 15.1 Å². The molecule has 1 aliphatic rings. The number of nitrogens with two attached hydrogens (primary N) is 1. The van der Waals surface area contributed by atoms with Gasteiger partial charge in [-0.25, -0.2) is 9.18 Å². The van der Waals surface area contributed by atoms with Gasteiger partial charge in [0.1, 0.15) is 11.6 Å². The maximum absolute atomic E-state index is 13.6. The van der Waals surface area contributed by atoms with E-state index in [2.05, 4.69) is 10.6 Å². The second-order valence-corrected chi connectivity index (χ2v) is 8.86. The van der Waals surface area contributed by atoms with Crippen LogP contribution in [-0.4, -0.2) is 54.0 Å². The van der Waals surface area contributed by atoms with E-state index in [0.29, 0.717) is 12.3 Å². The van der Waals surface area contributed by atoms with Crippen molar-refractivity contribution in [2.24, 2.45) is 5.73 Å². The first-order valence-electron chi connectivity index (χ1n) is 12.2. The molecule has 0 aliphatic carbocycles. The van der Waals surface area contributed by atoms with Crippen LogP contribution >= 0.6 is 0 Å². The number of carbonyl (C=O) groups excluding carboxylic acids is 3. The summed E-state index contributed by atoms with van der Waals surface area (Å²) >= 11 is 0. The van der Waals surface area contributed by atoms with Crippen LogP contribution in [0.3, 0.4) is 0 Å². The van der Waals surface area contributed by atoms with Crippen molar-refractivity contribution in [3.8, 4) is 5.75 Å². The van der Waals surface area contributed by atoms with Gasteiger partial charge in [-0.3, -0.25) is 14.5 Å². The Labute approximate surface area is 220 Å². The molecular formula is C28H30FN5O4. The van der Waals surface area contributed by atoms with E-state index in [1.165, 1.54) is 28.0 Å². The van der Waals surface area contributed by atoms with Crippen LogP contribution in [0.15, 0.2) is 72.8 Å². The Morgan fingerprint density at radius 2 is 1.66 bits per heavy atom. The molecule has 4 rings (SSSR count). The van der Waals surface area contributed by atoms with Gasteiger partial charge in [0, 0.05) is 31.9 Å². The maximum atomic E-state index is 13.6. The minimum absolute atomic E-state index is 0.0267. The van der Waals surface area contributed by atoms with Gasteiger partial charge in [0.25, 0.3) is 5.91 Å². The lowest BCUT2D eigenvalue weighted by atomic mass is 10.1. The zero-order valence-corrected chi connectivity index (χ0v) is 21.0. The molecule has 1 unspecified atom stereocenters. The van der Waals surface area contributed by atoms with Crippen molar-refractivity contribution in [1.29, 1.82) is 0 Å². The quantitative estimate of drug-likeness (QED) is 0.423. The Hall–Kier alpha value is -4.44. The predicted octanol–water partition coefficient (Wildman–Crippen LogP) is 2.85. The molecule has 3 aromatic carbocycles. The maximum Gasteiger partial charge on any atom is 0.323 e. The zero-order chi connectivity index (χ0) is 27.1. The largest absolute Gasteiger partial charge is 0.497 e. The molecule has 198 valence electrons. The molecule has 1 heterocycles. The summed E-state index contributed by atoms with van der Waals surface area (Å²) in [4.78, 5) is 42.6. The third-order valence-corrected chi connectivity index (χ3v) is 6.25. The number of nitrogens with zero attached hydrogens (tertiary/aromatic N) is 2. The molecule has 0 saturated carbocycles. The van der Waals surface area contributed by atoms with Gasteiger partial charge in [0.05, 0.1) is 13.5 Å². The summed E-state index contributed by atoms with van der Waals surface area (Å²) in [5.74, 6) is -0.714. The van der Waals surface area contributed by atoms with E-state index >= 15 is 0 Å². The Kier molecular flexibility index (Phi) is 8.55. The van der Waals surface area contributed by atoms with Crippen molar-refractivity contribution in [3.05, 3.63) is 95.3 Å². The van der Waals surface area contributed by atoms with Crippen LogP contribution in [0.2, 0.25) is 0 Å². The Bertz CT molecular complexity index is 1320. The monoisotopic (exact) mass is 519 g/mol. The van der Waals surface area contributed by atoms with Crippen LogP contribution in [0.4, 0.5) is 14.9 Å². The fraction of sp³-hybridized carbons (Fsp3) is 0.250. The smallest absolute Gasteiger partial charge is 0.323 e. The first-order chi connectivity index (χ1) is 18.4. The lowest BCUT2D eigenvalue weighted by Gasteiger charge is -2.29. The highest BCUT2D eigenvalue weighted by Crippen LogP contribution is 2.21. The fourth-order valence-corrected chi connectivity index (χ4v) is 4.35. The molecule has 4 amide bonds. The average Bonchev–Trinajstić information content (AvgIpc) is 3.38. The number of amides is 4. The summed E-state index contributed by atoms with van der Waals surface area (Å²) in [6.45, 7) is 0.858. The van der Waals surface area contributed by atoms with Crippen LogP contribution in [0, 0.1) is 5.82 Å². The number of benzene rings is 3. The minimum Gasteiger partial charge on any atom is -0.497 e. The van der Waals surface area contributed by atoms with Crippen LogP contribution in [-0.2, 0) is 29.1 Å². The molecule has 0 spiro atoms. The van der Waals surface area contributed by atoms with Crippen molar-refractivity contribution >= 4 is 23.5 Å². The summed E-state index contributed by atoms with van der Waals surface area (Å²) in [6, 6.07) is 19.4. The van der Waals surface area contributed by atoms with Gasteiger partial charge in [-0.2, -0.15) is 0 Å². The highest BCUT2D eigenvalue weighted by Gasteiger charge is 2.42. The SMILES string of the molecule is COc1cccc(CC(=O)N2CCN(C(=O)Nc3cccc(F)c3)C2C(=O)NCc2cccc(CN)c2)c1. The molecule has 9 nitrogen and oxygen atoms in total. The first kappa shape index (κ1) is 26.6. The van der Waals surface area contributed by atoms with Gasteiger partial charge in [-0.1, -0.05) is 42.5 Å². The molecule has 1 saturated heterocycles. The predicted molar refractivity (Wildman–Crippen MR) is 141 cm³/mol. The molecule has 4 N–H and O–H groups in total. The van der Waals surface area contributed by atoms with Crippen LogP contribution < -0.4 is 21.1 Å². The van der Waals surface area contributed by atoms with Crippen LogP contribution in [0.5, 0.6) is 5.75 Å². The molecule has 1 fully saturated rings. The van der Waals surface area contributed by atoms with Crippen molar-refractivity contribution in [2.75, 3.05) is 25.5 Å². The molecule has 3 aromatic rings. The van der Waals surface area contributed by atoms with Crippen molar-refractivity contribution < 1.29 is 23.5 Å². The number of rotatable bonds is 8. The highest BCUT2D eigenvalue weighted by molar-refractivity contribution is 5.96. The Balaban J connectivity index is 1.53. The number of halogens is 1. The number of urea groups is 1. The first-order valence-corrected chi connectivity index (χ1v) is 12.2. The highest BCUT2D eigenvalue weighted by atomic mass is 19.1. The summed E-state index contributed by atoms with van der Waals surface area (Å²) < 4.78 is 18.9. The molecule has 0 bridgehead atoms. The van der Waals surface area contributed by atoms with E-state index in [4.69, 9.17) is 10.5 Å². The van der Waals surface area contributed by atoms with E-state index in [9.17, 15) is 18.8 Å². The molecule has 1 aliphatic heterocycles. The van der Waals surface area contributed by atoms with Gasteiger partial charge in [0.2, 0.25) is 5.91 Å². The second-order valence-electron chi connectivity index (χ2n) is 8.86. The Morgan fingerprint density at radius 3 is 2.42 bits per heavy atom. The Morgan fingerprint density at radius 1 is 0.947 bits per heavy atom. The number of ether oxygens (including phenoxy) is 1. The van der Waals surface area contributed by atoms with Gasteiger partial charge in [-0.05, 0) is 47.0 Å². The molecule has 0 aromatic heterocycles. The topological polar surface area (TPSA) is 117 Å². The zero-order valence-electron chi connectivity index (χ0n) is 21.0. The third kappa shape index (κ3) is 6.46. The van der Waals surface area contributed by atoms with E-state index in [1.54, 1.807) is 37.4 Å². The molecule has 10 heteroatoms. The molecular weight excluding hydrogens is 489 g/mol. The minimum atomic E-state index is -1.18. The standard InChI is InChI=1S/C28H30FN5O4/c1-38-24-10-3-5-19(14-24)15-25(35)33-11-12-34(28(37)32-23-9-4-8-22(29)16-23)27(33)26(36)31-18-21-7-2-6-20(13-21)17-30/h2-10,13-14,16,27H,11-12,15,17-18,30H2,1H3,(H,31,36)(H,32,37). The molecule has 38 heavy (non-hydrogen) atoms. The number of methoxy groups -OCH3 is 1. The number of hydrogen-bond acceptors (Lipinski definition) is 5. The van der Waals surface area contributed by atoms with Gasteiger partial charge >= 0.3 is 6.03 Å². The number of hydrogen-bond donors (Lipinski definition) is 3. The van der Waals surface area contributed by atoms with E-state index < -0.39 is 23.9 Å². The summed E-state index contributed by atoms with van der Waals surface area (Å²) in [5, 5.41) is 5.46. The van der Waals surface area contributed by atoms with E-state index in [0.717, 1.165) is 16.7 Å². The van der Waals surface area contributed by atoms with Crippen LogP contribution in [0.25, 0.3) is 0 Å². The summed E-state index contributed by atoms with van der Waals surface area (Å²) in [5.41, 5.74) is 8.44. The normalized spacial score (nSPS) is 14.8. The van der Waals surface area contributed by atoms with E-state index in [1.807, 2.05) is 24.3 Å². The average molecular weight is 520 g/mol. The molecule has 0 radical (unpaired) electrons. The van der Waals surface area contributed by atoms with E-state index in [-0.39, 0.29) is 37.6 Å². The van der Waals surface area contributed by atoms with Gasteiger partial charge in [-0.15, -0.1) is 0 Å². The summed E-state index contributed by atoms with van der Waals surface area (Å²) in [6.07, 6.45) is -1.15. The second kappa shape index (κ2) is 12.2. The fourth-order valence-electron chi connectivity index (χ4n) is 4.35. The van der Waals surface area contributed by atoms with Crippen LogP contribution in [0.1, 0.15) is 16.7 Å².